The summed E-state index contributed by atoms with van der Waals surface area (Å²) in [5, 5.41) is 0. The van der Waals surface area contributed by atoms with Gasteiger partial charge in [0.15, 0.2) is 6.54 Å². The van der Waals surface area contributed by atoms with Crippen LogP contribution in [0.25, 0.3) is 0 Å². The van der Waals surface area contributed by atoms with E-state index >= 15 is 0 Å². The molecule has 152 valence electrons. The van der Waals surface area contributed by atoms with E-state index < -0.39 is 0 Å². The molecule has 0 aromatic heterocycles. The lowest BCUT2D eigenvalue weighted by molar-refractivity contribution is -0.897. The smallest absolute Gasteiger partial charge is 0.309 e. The Kier molecular flexibility index (Phi) is 5.81. The average Bonchev–Trinajstić information content (AvgIpc) is 2.78. The van der Waals surface area contributed by atoms with Crippen molar-refractivity contribution >= 4 is 17.6 Å². The molecular weight excluding hydrogens is 368 g/mol. The number of methoxy groups -OCH3 is 1. The van der Waals surface area contributed by atoms with E-state index in [1.54, 1.807) is 0 Å². The van der Waals surface area contributed by atoms with Crippen LogP contribution < -0.4 is 14.5 Å². The summed E-state index contributed by atoms with van der Waals surface area (Å²) >= 11 is 0. The minimum Gasteiger partial charge on any atom is -0.489 e. The van der Waals surface area contributed by atoms with Gasteiger partial charge in [-0.25, -0.2) is 0 Å². The highest BCUT2D eigenvalue weighted by Crippen LogP contribution is 2.39. The van der Waals surface area contributed by atoms with Gasteiger partial charge in [0.05, 0.1) is 37.8 Å². The summed E-state index contributed by atoms with van der Waals surface area (Å²) in [4.78, 5) is 28.3. The number of para-hydroxylation sites is 2. The van der Waals surface area contributed by atoms with Gasteiger partial charge in [0.2, 0.25) is 0 Å². The minimum atomic E-state index is -0.148. The summed E-state index contributed by atoms with van der Waals surface area (Å²) in [6, 6.07) is 17.6. The molecule has 4 rings (SSSR count). The van der Waals surface area contributed by atoms with Crippen LogP contribution in [0.5, 0.6) is 5.75 Å². The maximum atomic E-state index is 13.4. The fraction of sp³-hybridized carbons (Fsp3) is 0.391. The topological polar surface area (TPSA) is 60.3 Å². The third kappa shape index (κ3) is 4.12. The number of piperidine rings is 1. The third-order valence-corrected chi connectivity index (χ3v) is 5.91. The zero-order chi connectivity index (χ0) is 20.2. The third-order valence-electron chi connectivity index (χ3n) is 5.91. The number of ether oxygens (including phenoxy) is 2. The number of amides is 1. The number of fused-ring (bicyclic) bond motifs is 1. The molecule has 0 radical (unpaired) electrons. The first kappa shape index (κ1) is 19.5. The normalized spacial score (nSPS) is 23.6. The molecule has 1 saturated heterocycles. The van der Waals surface area contributed by atoms with Gasteiger partial charge in [0, 0.05) is 12.8 Å². The molecule has 29 heavy (non-hydrogen) atoms. The molecule has 2 aliphatic heterocycles. The van der Waals surface area contributed by atoms with Crippen molar-refractivity contribution in [3.05, 3.63) is 60.2 Å². The van der Waals surface area contributed by atoms with Gasteiger partial charge in [-0.3, -0.25) is 14.5 Å². The van der Waals surface area contributed by atoms with Crippen molar-refractivity contribution in [2.24, 2.45) is 5.92 Å². The first-order valence-corrected chi connectivity index (χ1v) is 10.2. The number of rotatable bonds is 4. The molecule has 1 atom stereocenters. The zero-order valence-corrected chi connectivity index (χ0v) is 16.7. The molecule has 1 fully saturated rings. The van der Waals surface area contributed by atoms with Crippen molar-refractivity contribution in [3.63, 3.8) is 0 Å². The minimum absolute atomic E-state index is 0.0416. The highest BCUT2D eigenvalue weighted by Gasteiger charge is 2.36. The van der Waals surface area contributed by atoms with E-state index in [1.165, 1.54) is 12.0 Å². The predicted octanol–water partition coefficient (Wildman–Crippen LogP) is 1.62. The van der Waals surface area contributed by atoms with Crippen molar-refractivity contribution in [1.29, 1.82) is 0 Å². The number of anilines is 1. The number of nitrogens with one attached hydrogen (secondary N) is 1. The molecule has 0 aliphatic carbocycles. The second-order valence-electron chi connectivity index (χ2n) is 7.69. The molecule has 6 nitrogen and oxygen atoms in total. The summed E-state index contributed by atoms with van der Waals surface area (Å²) in [6.07, 6.45) is 1.52. The van der Waals surface area contributed by atoms with Gasteiger partial charge < -0.3 is 14.4 Å². The Morgan fingerprint density at radius 3 is 2.48 bits per heavy atom. The van der Waals surface area contributed by atoms with Gasteiger partial charge >= 0.3 is 5.97 Å². The van der Waals surface area contributed by atoms with E-state index in [1.807, 2.05) is 59.5 Å². The molecule has 0 unspecified atom stereocenters. The van der Waals surface area contributed by atoms with E-state index in [2.05, 4.69) is 0 Å². The Balaban J connectivity index is 1.52. The highest BCUT2D eigenvalue weighted by atomic mass is 16.5. The second kappa shape index (κ2) is 8.66. The van der Waals surface area contributed by atoms with Crippen LogP contribution in [-0.2, 0) is 14.3 Å². The van der Waals surface area contributed by atoms with Crippen LogP contribution in [0.1, 0.15) is 24.4 Å². The molecular formula is C23H27N2O4+. The van der Waals surface area contributed by atoms with Gasteiger partial charge in [0.1, 0.15) is 12.4 Å². The number of benzene rings is 2. The monoisotopic (exact) mass is 395 g/mol. The van der Waals surface area contributed by atoms with Gasteiger partial charge in [-0.2, -0.15) is 0 Å². The van der Waals surface area contributed by atoms with Gasteiger partial charge in [-0.05, 0) is 17.7 Å². The van der Waals surface area contributed by atoms with E-state index in [-0.39, 0.29) is 23.8 Å². The van der Waals surface area contributed by atoms with E-state index in [0.29, 0.717) is 13.2 Å². The highest BCUT2D eigenvalue weighted by molar-refractivity contribution is 5.96. The largest absolute Gasteiger partial charge is 0.489 e. The van der Waals surface area contributed by atoms with Gasteiger partial charge in [0.25, 0.3) is 5.91 Å². The lowest BCUT2D eigenvalue weighted by Crippen LogP contribution is -3.14. The number of hydrogen-bond acceptors (Lipinski definition) is 4. The standard InChI is InChI=1S/C23H26N2O4/c1-28-23(27)18-11-13-24(14-12-18)15-22(26)25-19-9-5-6-10-21(19)29-16-20(25)17-7-3-2-4-8-17/h2-10,18,20H,11-16H2,1H3/p+1/t20-/m0/s1. The number of nitrogens with zero attached hydrogens (tertiary/aromatic N) is 1. The number of likely N-dealkylation sites (tertiary alicyclic amines) is 1. The van der Waals surface area contributed by atoms with Crippen LogP contribution in [0, 0.1) is 5.92 Å². The molecule has 1 amide bonds. The summed E-state index contributed by atoms with van der Waals surface area (Å²) in [5.41, 5.74) is 1.89. The number of quaternary nitrogens is 1. The Labute approximate surface area is 171 Å². The van der Waals surface area contributed by atoms with Crippen LogP contribution in [0.2, 0.25) is 0 Å². The molecule has 2 aromatic carbocycles. The molecule has 0 bridgehead atoms. The van der Waals surface area contributed by atoms with Gasteiger partial charge in [-0.15, -0.1) is 0 Å². The first-order chi connectivity index (χ1) is 14.2. The van der Waals surface area contributed by atoms with Crippen molar-refractivity contribution in [3.8, 4) is 5.75 Å². The number of hydrogen-bond donors (Lipinski definition) is 1. The summed E-state index contributed by atoms with van der Waals surface area (Å²) in [5.74, 6) is 0.648. The quantitative estimate of drug-likeness (QED) is 0.800. The van der Waals surface area contributed by atoms with Crippen molar-refractivity contribution in [2.75, 3.05) is 38.3 Å². The molecule has 0 spiro atoms. The average molecular weight is 395 g/mol. The van der Waals surface area contributed by atoms with Crippen LogP contribution in [0.4, 0.5) is 5.69 Å². The first-order valence-electron chi connectivity index (χ1n) is 10.2. The second-order valence-corrected chi connectivity index (χ2v) is 7.69. The maximum Gasteiger partial charge on any atom is 0.309 e. The predicted molar refractivity (Wildman–Crippen MR) is 109 cm³/mol. The molecule has 2 heterocycles. The fourth-order valence-corrected chi connectivity index (χ4v) is 4.32. The lowest BCUT2D eigenvalue weighted by atomic mass is 9.97. The molecule has 0 saturated carbocycles. The summed E-state index contributed by atoms with van der Waals surface area (Å²) in [7, 11) is 1.44. The van der Waals surface area contributed by atoms with Crippen LogP contribution >= 0.6 is 0 Å². The Morgan fingerprint density at radius 1 is 1.07 bits per heavy atom. The summed E-state index contributed by atoms with van der Waals surface area (Å²) < 4.78 is 10.8. The molecule has 2 aliphatic rings. The maximum absolute atomic E-state index is 13.4. The van der Waals surface area contributed by atoms with Crippen molar-refractivity contribution in [2.45, 2.75) is 18.9 Å². The van der Waals surface area contributed by atoms with Crippen LogP contribution in [0.3, 0.4) is 0 Å². The Hall–Kier alpha value is -2.86. The SMILES string of the molecule is COC(=O)C1CC[NH+](CC(=O)N2c3ccccc3OC[C@H]2c2ccccc2)CC1. The van der Waals surface area contributed by atoms with E-state index in [9.17, 15) is 9.59 Å². The van der Waals surface area contributed by atoms with Crippen molar-refractivity contribution < 1.29 is 24.0 Å². The number of carbonyl (C=O) groups excluding carboxylic acids is 2. The van der Waals surface area contributed by atoms with Gasteiger partial charge in [-0.1, -0.05) is 42.5 Å². The zero-order valence-electron chi connectivity index (χ0n) is 16.7. The Bertz CT molecular complexity index is 862. The number of carbonyl (C=O) groups is 2. The number of esters is 1. The molecule has 2 aromatic rings. The van der Waals surface area contributed by atoms with E-state index in [4.69, 9.17) is 9.47 Å². The fourth-order valence-electron chi connectivity index (χ4n) is 4.32. The van der Waals surface area contributed by atoms with Crippen LogP contribution in [0.15, 0.2) is 54.6 Å². The molecule has 6 heteroatoms. The molecule has 1 N–H and O–H groups in total. The van der Waals surface area contributed by atoms with Crippen LogP contribution in [-0.4, -0.2) is 45.2 Å². The van der Waals surface area contributed by atoms with E-state index in [0.717, 1.165) is 42.9 Å². The lowest BCUT2D eigenvalue weighted by Gasteiger charge is -2.38. The van der Waals surface area contributed by atoms with Crippen molar-refractivity contribution in [1.82, 2.24) is 0 Å². The Morgan fingerprint density at radius 2 is 1.76 bits per heavy atom. The summed E-state index contributed by atoms with van der Waals surface area (Å²) in [6.45, 7) is 2.44.